The fraction of sp³-hybridized carbons (Fsp3) is 0.600. The van der Waals surface area contributed by atoms with E-state index in [1.807, 2.05) is 12.1 Å². The number of halogens is 2. The van der Waals surface area contributed by atoms with E-state index in [-0.39, 0.29) is 6.04 Å². The fourth-order valence-electron chi connectivity index (χ4n) is 4.97. The summed E-state index contributed by atoms with van der Waals surface area (Å²) in [4.78, 5) is 0. The molecule has 0 aliphatic heterocycles. The molecule has 5 unspecified atom stereocenters. The molecule has 0 aromatic heterocycles. The smallest absolute Gasteiger partial charge is 0.0595 e. The highest BCUT2D eigenvalue weighted by atomic mass is 35.5. The van der Waals surface area contributed by atoms with Crippen molar-refractivity contribution in [2.24, 2.45) is 35.4 Å². The van der Waals surface area contributed by atoms with E-state index in [4.69, 9.17) is 29.0 Å². The third-order valence-electron chi connectivity index (χ3n) is 5.66. The first kappa shape index (κ1) is 12.5. The highest BCUT2D eigenvalue weighted by Gasteiger charge is 2.66. The van der Waals surface area contributed by atoms with Gasteiger partial charge in [0.15, 0.2) is 0 Å². The van der Waals surface area contributed by atoms with Crippen molar-refractivity contribution < 1.29 is 0 Å². The van der Waals surface area contributed by atoms with Crippen molar-refractivity contribution in [2.75, 3.05) is 0 Å². The van der Waals surface area contributed by atoms with E-state index < -0.39 is 0 Å². The lowest BCUT2D eigenvalue weighted by molar-refractivity contribution is 0.374. The van der Waals surface area contributed by atoms with E-state index >= 15 is 0 Å². The van der Waals surface area contributed by atoms with Gasteiger partial charge in [-0.25, -0.2) is 0 Å². The van der Waals surface area contributed by atoms with Crippen molar-refractivity contribution in [3.8, 4) is 0 Å². The first-order valence-electron chi connectivity index (χ1n) is 7.12. The van der Waals surface area contributed by atoms with Crippen LogP contribution in [0.4, 0.5) is 0 Å². The molecule has 3 aliphatic rings. The van der Waals surface area contributed by atoms with Crippen LogP contribution in [0.1, 0.15) is 30.9 Å². The van der Waals surface area contributed by atoms with Crippen molar-refractivity contribution >= 4 is 23.2 Å². The van der Waals surface area contributed by atoms with Crippen LogP contribution in [0.5, 0.6) is 0 Å². The number of nitrogens with two attached hydrogens (primary N) is 1. The molecule has 3 N–H and O–H groups in total. The van der Waals surface area contributed by atoms with E-state index in [9.17, 15) is 0 Å². The van der Waals surface area contributed by atoms with E-state index in [0.29, 0.717) is 16.0 Å². The molecular weight excluding hydrogens is 279 g/mol. The maximum absolute atomic E-state index is 6.13. The monoisotopic (exact) mass is 296 g/mol. The minimum absolute atomic E-state index is 0.230. The largest absolute Gasteiger partial charge is 0.271 e. The van der Waals surface area contributed by atoms with Crippen LogP contribution in [0.3, 0.4) is 0 Å². The molecule has 3 saturated carbocycles. The highest BCUT2D eigenvalue weighted by Crippen LogP contribution is 2.72. The number of fused-ring (bicyclic) bond motifs is 5. The quantitative estimate of drug-likeness (QED) is 0.658. The molecule has 0 spiro atoms. The molecule has 0 heterocycles. The standard InChI is InChI=1S/C15H18Cl2N2/c16-10-4-3-9(6-11(10)17)15(19-18)14-12-7-1-2-8(5-7)13(12)14/h3-4,6-8,12-15,19H,1-2,5,18H2. The van der Waals surface area contributed by atoms with Crippen molar-refractivity contribution in [1.29, 1.82) is 0 Å². The fourth-order valence-corrected chi connectivity index (χ4v) is 5.28. The molecule has 4 rings (SSSR count). The van der Waals surface area contributed by atoms with Crippen LogP contribution in [0, 0.1) is 29.6 Å². The van der Waals surface area contributed by atoms with Crippen LogP contribution >= 0.6 is 23.2 Å². The Morgan fingerprint density at radius 1 is 1.11 bits per heavy atom. The predicted octanol–water partition coefficient (Wildman–Crippen LogP) is 3.79. The Morgan fingerprint density at radius 2 is 1.79 bits per heavy atom. The van der Waals surface area contributed by atoms with Crippen LogP contribution < -0.4 is 11.3 Å². The third kappa shape index (κ3) is 1.77. The van der Waals surface area contributed by atoms with Gasteiger partial charge in [0.25, 0.3) is 0 Å². The second-order valence-electron chi connectivity index (χ2n) is 6.38. The average Bonchev–Trinajstić information content (AvgIpc) is 2.82. The summed E-state index contributed by atoms with van der Waals surface area (Å²) < 4.78 is 0. The number of hydrazine groups is 1. The Morgan fingerprint density at radius 3 is 2.37 bits per heavy atom. The van der Waals surface area contributed by atoms with Gasteiger partial charge < -0.3 is 0 Å². The zero-order valence-corrected chi connectivity index (χ0v) is 12.2. The van der Waals surface area contributed by atoms with E-state index in [1.54, 1.807) is 0 Å². The topological polar surface area (TPSA) is 38.0 Å². The summed E-state index contributed by atoms with van der Waals surface area (Å²) >= 11 is 12.1. The van der Waals surface area contributed by atoms with Gasteiger partial charge in [-0.3, -0.25) is 11.3 Å². The molecule has 5 atom stereocenters. The van der Waals surface area contributed by atoms with E-state index in [0.717, 1.165) is 23.7 Å². The lowest BCUT2D eigenvalue weighted by Gasteiger charge is -2.20. The van der Waals surface area contributed by atoms with E-state index in [1.165, 1.54) is 24.8 Å². The molecule has 1 aromatic carbocycles. The molecule has 1 aromatic rings. The summed E-state index contributed by atoms with van der Waals surface area (Å²) in [7, 11) is 0. The molecule has 19 heavy (non-hydrogen) atoms. The predicted molar refractivity (Wildman–Crippen MR) is 77.8 cm³/mol. The van der Waals surface area contributed by atoms with Gasteiger partial charge in [0.05, 0.1) is 10.0 Å². The van der Waals surface area contributed by atoms with Crippen LogP contribution in [0.25, 0.3) is 0 Å². The molecule has 3 fully saturated rings. The van der Waals surface area contributed by atoms with Crippen LogP contribution in [-0.2, 0) is 0 Å². The number of benzene rings is 1. The van der Waals surface area contributed by atoms with Gasteiger partial charge in [0, 0.05) is 6.04 Å². The SMILES string of the molecule is NNC(c1ccc(Cl)c(Cl)c1)C1C2C3CCC(C3)C21. The normalized spacial score (nSPS) is 40.3. The minimum atomic E-state index is 0.230. The Balaban J connectivity index is 1.61. The highest BCUT2D eigenvalue weighted by molar-refractivity contribution is 6.42. The average molecular weight is 297 g/mol. The Kier molecular flexibility index (Phi) is 2.86. The molecule has 3 aliphatic carbocycles. The maximum Gasteiger partial charge on any atom is 0.0595 e. The minimum Gasteiger partial charge on any atom is -0.271 e. The molecular formula is C15H18Cl2N2. The first-order chi connectivity index (χ1) is 9.20. The molecule has 2 bridgehead atoms. The van der Waals surface area contributed by atoms with Crippen molar-refractivity contribution in [3.63, 3.8) is 0 Å². The lowest BCUT2D eigenvalue weighted by Crippen LogP contribution is -2.31. The maximum atomic E-state index is 6.13. The summed E-state index contributed by atoms with van der Waals surface area (Å²) in [6, 6.07) is 6.11. The number of hydrogen-bond donors (Lipinski definition) is 2. The number of rotatable bonds is 3. The van der Waals surface area contributed by atoms with Gasteiger partial charge in [-0.05, 0) is 66.5 Å². The summed E-state index contributed by atoms with van der Waals surface area (Å²) in [5.41, 5.74) is 4.20. The second-order valence-corrected chi connectivity index (χ2v) is 7.20. The Labute approximate surface area is 123 Å². The van der Waals surface area contributed by atoms with Gasteiger partial charge >= 0.3 is 0 Å². The second kappa shape index (κ2) is 4.36. The molecule has 4 heteroatoms. The van der Waals surface area contributed by atoms with Crippen molar-refractivity contribution in [1.82, 2.24) is 5.43 Å². The van der Waals surface area contributed by atoms with Gasteiger partial charge in [-0.2, -0.15) is 0 Å². The molecule has 0 radical (unpaired) electrons. The van der Waals surface area contributed by atoms with Gasteiger partial charge in [-0.15, -0.1) is 0 Å². The zero-order chi connectivity index (χ0) is 13.1. The van der Waals surface area contributed by atoms with Crippen molar-refractivity contribution in [2.45, 2.75) is 25.3 Å². The van der Waals surface area contributed by atoms with Crippen LogP contribution in [0.2, 0.25) is 10.0 Å². The number of nitrogens with one attached hydrogen (secondary N) is 1. The van der Waals surface area contributed by atoms with Gasteiger partial charge in [0.2, 0.25) is 0 Å². The van der Waals surface area contributed by atoms with Crippen LogP contribution in [-0.4, -0.2) is 0 Å². The Hall–Kier alpha value is -0.280. The molecule has 0 amide bonds. The number of hydrogen-bond acceptors (Lipinski definition) is 2. The summed E-state index contributed by atoms with van der Waals surface area (Å²) in [6.07, 6.45) is 4.33. The Bertz CT molecular complexity index is 503. The third-order valence-corrected chi connectivity index (χ3v) is 6.40. The summed E-state index contributed by atoms with van der Waals surface area (Å²) in [5, 5.41) is 1.23. The van der Waals surface area contributed by atoms with E-state index in [2.05, 4.69) is 11.5 Å². The summed E-state index contributed by atoms with van der Waals surface area (Å²) in [5.74, 6) is 10.2. The molecule has 102 valence electrons. The molecule has 0 saturated heterocycles. The van der Waals surface area contributed by atoms with Gasteiger partial charge in [-0.1, -0.05) is 29.3 Å². The first-order valence-corrected chi connectivity index (χ1v) is 7.87. The summed E-state index contributed by atoms with van der Waals surface area (Å²) in [6.45, 7) is 0. The van der Waals surface area contributed by atoms with Gasteiger partial charge in [0.1, 0.15) is 0 Å². The lowest BCUT2D eigenvalue weighted by atomic mass is 9.93. The molecule has 2 nitrogen and oxygen atoms in total. The zero-order valence-electron chi connectivity index (χ0n) is 10.7. The van der Waals surface area contributed by atoms with Crippen LogP contribution in [0.15, 0.2) is 18.2 Å². The van der Waals surface area contributed by atoms with Crippen molar-refractivity contribution in [3.05, 3.63) is 33.8 Å².